The number of fused-ring (bicyclic) bond motifs is 1. The largest absolute Gasteiger partial charge is 0.382 e. The highest BCUT2D eigenvalue weighted by Gasteiger charge is 2.08. The van der Waals surface area contributed by atoms with Gasteiger partial charge in [0.25, 0.3) is 0 Å². The van der Waals surface area contributed by atoms with Crippen LogP contribution < -0.4 is 5.32 Å². The minimum Gasteiger partial charge on any atom is -0.382 e. The smallest absolute Gasteiger partial charge is 0.0737 e. The van der Waals surface area contributed by atoms with Crippen LogP contribution in [0.5, 0.6) is 0 Å². The van der Waals surface area contributed by atoms with E-state index in [0.717, 1.165) is 36.1 Å². The molecular formula is C18H23ClN4. The summed E-state index contributed by atoms with van der Waals surface area (Å²) in [5.74, 6) is 0. The maximum absolute atomic E-state index is 6.04. The summed E-state index contributed by atoms with van der Waals surface area (Å²) in [6.07, 6.45) is 8.60. The number of nitrogens with zero attached hydrogens (tertiary/aromatic N) is 3. The van der Waals surface area contributed by atoms with E-state index >= 15 is 0 Å². The molecule has 2 heterocycles. The van der Waals surface area contributed by atoms with Crippen LogP contribution in [0.3, 0.4) is 0 Å². The predicted molar refractivity (Wildman–Crippen MR) is 98.4 cm³/mol. The lowest BCUT2D eigenvalue weighted by molar-refractivity contribution is 0.240. The molecule has 0 unspecified atom stereocenters. The summed E-state index contributed by atoms with van der Waals surface area (Å²) in [6, 6.07) is 8.13. The Morgan fingerprint density at radius 2 is 2.13 bits per heavy atom. The average Bonchev–Trinajstić information content (AvgIpc) is 2.56. The highest BCUT2D eigenvalue weighted by atomic mass is 35.5. The molecule has 0 amide bonds. The summed E-state index contributed by atoms with van der Waals surface area (Å²) >= 11 is 6.04. The Morgan fingerprint density at radius 3 is 2.96 bits per heavy atom. The van der Waals surface area contributed by atoms with Crippen LogP contribution in [0.1, 0.15) is 32.6 Å². The molecule has 0 spiro atoms. The Morgan fingerprint density at radius 1 is 1.30 bits per heavy atom. The first-order valence-electron chi connectivity index (χ1n) is 8.30. The lowest BCUT2D eigenvalue weighted by Gasteiger charge is -2.23. The van der Waals surface area contributed by atoms with Crippen molar-refractivity contribution in [2.24, 2.45) is 5.10 Å². The number of pyridine rings is 1. The van der Waals surface area contributed by atoms with E-state index in [1.807, 2.05) is 36.7 Å². The molecule has 0 aliphatic carbocycles. The number of rotatable bonds is 5. The quantitative estimate of drug-likeness (QED) is 0.817. The molecule has 1 atom stereocenters. The summed E-state index contributed by atoms with van der Waals surface area (Å²) in [5.41, 5.74) is 2.00. The van der Waals surface area contributed by atoms with Crippen molar-refractivity contribution in [2.75, 3.05) is 18.4 Å². The van der Waals surface area contributed by atoms with Crippen molar-refractivity contribution in [3.05, 3.63) is 35.5 Å². The predicted octanol–water partition coefficient (Wildman–Crippen LogP) is 4.55. The van der Waals surface area contributed by atoms with E-state index in [4.69, 9.17) is 11.6 Å². The maximum Gasteiger partial charge on any atom is 0.0737 e. The van der Waals surface area contributed by atoms with Crippen LogP contribution >= 0.6 is 11.6 Å². The fourth-order valence-electron chi connectivity index (χ4n) is 2.88. The molecule has 1 N–H and O–H groups in total. The molecule has 1 fully saturated rings. The number of nitrogens with one attached hydrogen (secondary N) is 1. The van der Waals surface area contributed by atoms with Crippen molar-refractivity contribution < 1.29 is 0 Å². The zero-order chi connectivity index (χ0) is 16.1. The molecule has 4 nitrogen and oxygen atoms in total. The van der Waals surface area contributed by atoms with Gasteiger partial charge in [0.2, 0.25) is 0 Å². The molecule has 122 valence electrons. The third kappa shape index (κ3) is 4.35. The Labute approximate surface area is 142 Å². The number of piperidine rings is 1. The standard InChI is InChI=1S/C18H23ClN4/c1-14(7-10-21-23-11-3-2-4-12-23)22-17-8-9-20-18-13-15(19)5-6-16(17)18/h5-6,8-10,13-14H,2-4,7,11-12H2,1H3,(H,20,22)/b21-10+/t14-/m0/s1. The molecule has 1 aliphatic heterocycles. The highest BCUT2D eigenvalue weighted by Crippen LogP contribution is 2.25. The van der Waals surface area contributed by atoms with Gasteiger partial charge in [0, 0.05) is 54.1 Å². The number of hydrogen-bond acceptors (Lipinski definition) is 4. The molecule has 2 aromatic rings. The minimum absolute atomic E-state index is 0.310. The number of aromatic nitrogens is 1. The summed E-state index contributed by atoms with van der Waals surface area (Å²) < 4.78 is 0. The van der Waals surface area contributed by atoms with Crippen molar-refractivity contribution in [3.63, 3.8) is 0 Å². The molecule has 0 saturated carbocycles. The van der Waals surface area contributed by atoms with Crippen molar-refractivity contribution >= 4 is 34.4 Å². The molecule has 23 heavy (non-hydrogen) atoms. The molecule has 5 heteroatoms. The van der Waals surface area contributed by atoms with Crippen LogP contribution in [0.15, 0.2) is 35.6 Å². The Bertz CT molecular complexity index is 680. The zero-order valence-corrected chi connectivity index (χ0v) is 14.3. The van der Waals surface area contributed by atoms with Gasteiger partial charge in [-0.25, -0.2) is 0 Å². The van der Waals surface area contributed by atoms with Gasteiger partial charge in [-0.1, -0.05) is 11.6 Å². The molecule has 1 saturated heterocycles. The summed E-state index contributed by atoms with van der Waals surface area (Å²) in [7, 11) is 0. The van der Waals surface area contributed by atoms with E-state index in [-0.39, 0.29) is 0 Å². The van der Waals surface area contributed by atoms with Gasteiger partial charge in [-0.2, -0.15) is 5.10 Å². The second-order valence-corrected chi connectivity index (χ2v) is 6.55. The molecule has 0 bridgehead atoms. The topological polar surface area (TPSA) is 40.5 Å². The molecule has 0 radical (unpaired) electrons. The van der Waals surface area contributed by atoms with Crippen LogP contribution in [0.4, 0.5) is 5.69 Å². The van der Waals surface area contributed by atoms with Crippen molar-refractivity contribution in [1.82, 2.24) is 9.99 Å². The van der Waals surface area contributed by atoms with Crippen molar-refractivity contribution in [2.45, 2.75) is 38.6 Å². The number of anilines is 1. The van der Waals surface area contributed by atoms with Gasteiger partial charge >= 0.3 is 0 Å². The van der Waals surface area contributed by atoms with E-state index < -0.39 is 0 Å². The maximum atomic E-state index is 6.04. The third-order valence-electron chi connectivity index (χ3n) is 4.14. The SMILES string of the molecule is C[C@@H](C/C=N/N1CCCCC1)Nc1ccnc2cc(Cl)ccc12. The van der Waals surface area contributed by atoms with Crippen LogP contribution in [0.2, 0.25) is 5.02 Å². The summed E-state index contributed by atoms with van der Waals surface area (Å²) in [5, 5.41) is 12.1. The monoisotopic (exact) mass is 330 g/mol. The normalized spacial score (nSPS) is 16.9. The van der Waals surface area contributed by atoms with Crippen LogP contribution in [-0.4, -0.2) is 35.3 Å². The molecular weight excluding hydrogens is 308 g/mol. The van der Waals surface area contributed by atoms with Crippen molar-refractivity contribution in [1.29, 1.82) is 0 Å². The van der Waals surface area contributed by atoms with Crippen LogP contribution in [0, 0.1) is 0 Å². The lowest BCUT2D eigenvalue weighted by Crippen LogP contribution is -2.25. The summed E-state index contributed by atoms with van der Waals surface area (Å²) in [4.78, 5) is 4.38. The second kappa shape index (κ2) is 7.64. The Hall–Kier alpha value is -1.81. The van der Waals surface area contributed by atoms with E-state index in [0.29, 0.717) is 11.1 Å². The van der Waals surface area contributed by atoms with Gasteiger partial charge in [-0.15, -0.1) is 0 Å². The average molecular weight is 331 g/mol. The third-order valence-corrected chi connectivity index (χ3v) is 4.38. The first-order chi connectivity index (χ1) is 11.2. The van der Waals surface area contributed by atoms with Crippen LogP contribution in [-0.2, 0) is 0 Å². The minimum atomic E-state index is 0.310. The summed E-state index contributed by atoms with van der Waals surface area (Å²) in [6.45, 7) is 4.35. The van der Waals surface area contributed by atoms with E-state index in [2.05, 4.69) is 27.3 Å². The van der Waals surface area contributed by atoms with E-state index in [1.165, 1.54) is 19.3 Å². The fourth-order valence-corrected chi connectivity index (χ4v) is 3.05. The van der Waals surface area contributed by atoms with Gasteiger partial charge < -0.3 is 5.32 Å². The number of hydrazone groups is 1. The molecule has 1 aromatic carbocycles. The van der Waals surface area contributed by atoms with Gasteiger partial charge in [0.05, 0.1) is 5.52 Å². The highest BCUT2D eigenvalue weighted by molar-refractivity contribution is 6.31. The molecule has 1 aromatic heterocycles. The van der Waals surface area contributed by atoms with Gasteiger partial charge in [-0.3, -0.25) is 9.99 Å². The second-order valence-electron chi connectivity index (χ2n) is 6.11. The lowest BCUT2D eigenvalue weighted by atomic mass is 10.1. The van der Waals surface area contributed by atoms with Gasteiger partial charge in [0.15, 0.2) is 0 Å². The first-order valence-corrected chi connectivity index (χ1v) is 8.68. The van der Waals surface area contributed by atoms with Gasteiger partial charge in [0.1, 0.15) is 0 Å². The van der Waals surface area contributed by atoms with E-state index in [9.17, 15) is 0 Å². The fraction of sp³-hybridized carbons (Fsp3) is 0.444. The number of benzene rings is 1. The van der Waals surface area contributed by atoms with E-state index in [1.54, 1.807) is 0 Å². The van der Waals surface area contributed by atoms with Crippen LogP contribution in [0.25, 0.3) is 10.9 Å². The van der Waals surface area contributed by atoms with Crippen molar-refractivity contribution in [3.8, 4) is 0 Å². The zero-order valence-electron chi connectivity index (χ0n) is 13.5. The number of hydrogen-bond donors (Lipinski definition) is 1. The number of halogens is 1. The Kier molecular flexibility index (Phi) is 5.34. The Balaban J connectivity index is 1.61. The van der Waals surface area contributed by atoms with Gasteiger partial charge in [-0.05, 0) is 50.5 Å². The molecule has 3 rings (SSSR count). The first kappa shape index (κ1) is 16.1. The molecule has 1 aliphatic rings.